The van der Waals surface area contributed by atoms with Crippen molar-refractivity contribution in [2.24, 2.45) is 0 Å². The summed E-state index contributed by atoms with van der Waals surface area (Å²) in [5.74, 6) is 1.20. The molecule has 0 bridgehead atoms. The number of imidazole rings is 1. The van der Waals surface area contributed by atoms with Crippen LogP contribution in [0.5, 0.6) is 5.88 Å². The van der Waals surface area contributed by atoms with E-state index in [4.69, 9.17) is 16.3 Å². The van der Waals surface area contributed by atoms with Gasteiger partial charge in [-0.2, -0.15) is 4.98 Å². The van der Waals surface area contributed by atoms with Crippen molar-refractivity contribution in [3.63, 3.8) is 0 Å². The Morgan fingerprint density at radius 3 is 3.12 bits per heavy atom. The van der Waals surface area contributed by atoms with Crippen LogP contribution >= 0.6 is 0 Å². The van der Waals surface area contributed by atoms with Gasteiger partial charge in [-0.05, 0) is 12.1 Å². The number of carbonyl (C=O) groups is 1. The number of hydrogen-bond acceptors (Lipinski definition) is 3. The summed E-state index contributed by atoms with van der Waals surface area (Å²) < 4.78 is 6.52. The molecule has 0 aliphatic carbocycles. The van der Waals surface area contributed by atoms with Crippen LogP contribution in [0.2, 0.25) is 0 Å². The molecule has 0 spiro atoms. The van der Waals surface area contributed by atoms with Crippen LogP contribution in [0.1, 0.15) is 10.5 Å². The highest BCUT2D eigenvalue weighted by Crippen LogP contribution is 2.19. The topological polar surface area (TPSA) is 63.8 Å². The number of ether oxygens (including phenoxy) is 1. The molecular formula is C11H8N2O3. The minimum absolute atomic E-state index is 0.00976. The summed E-state index contributed by atoms with van der Waals surface area (Å²) in [5, 5.41) is 9.06. The third-order valence-corrected chi connectivity index (χ3v) is 1.99. The summed E-state index contributed by atoms with van der Waals surface area (Å²) in [6.07, 6.45) is 6.65. The van der Waals surface area contributed by atoms with Gasteiger partial charge in [-0.1, -0.05) is 12.0 Å². The number of hydrogen-bond donors (Lipinski definition) is 1. The van der Waals surface area contributed by atoms with Crippen molar-refractivity contribution in [1.29, 1.82) is 0 Å². The molecule has 0 fully saturated rings. The van der Waals surface area contributed by atoms with E-state index in [0.717, 1.165) is 0 Å². The second kappa shape index (κ2) is 3.95. The molecule has 2 aromatic rings. The first-order valence-electron chi connectivity index (χ1n) is 4.50. The van der Waals surface area contributed by atoms with Crippen LogP contribution in [-0.4, -0.2) is 27.1 Å². The van der Waals surface area contributed by atoms with Crippen molar-refractivity contribution < 1.29 is 14.6 Å². The quantitative estimate of drug-likeness (QED) is 0.779. The van der Waals surface area contributed by atoms with Crippen LogP contribution in [0.3, 0.4) is 0 Å². The predicted octanol–water partition coefficient (Wildman–Crippen LogP) is 1.04. The van der Waals surface area contributed by atoms with E-state index < -0.39 is 5.97 Å². The van der Waals surface area contributed by atoms with Gasteiger partial charge in [-0.25, -0.2) is 4.79 Å². The molecule has 5 heteroatoms. The Kier molecular flexibility index (Phi) is 2.48. The average molecular weight is 216 g/mol. The van der Waals surface area contributed by atoms with Gasteiger partial charge in [0.15, 0.2) is 12.3 Å². The molecule has 0 aliphatic rings. The number of carboxylic acid groups (broad SMARTS) is 1. The average Bonchev–Trinajstić information content (AvgIpc) is 2.64. The molecule has 0 aliphatic heterocycles. The van der Waals surface area contributed by atoms with Crippen LogP contribution in [0.15, 0.2) is 24.4 Å². The van der Waals surface area contributed by atoms with Crippen LogP contribution < -0.4 is 4.74 Å². The zero-order valence-corrected chi connectivity index (χ0v) is 8.25. The summed E-state index contributed by atoms with van der Waals surface area (Å²) in [5.41, 5.74) is 0.484. The largest absolute Gasteiger partial charge is 0.476 e. The first-order chi connectivity index (χ1) is 7.74. The van der Waals surface area contributed by atoms with Crippen molar-refractivity contribution in [1.82, 2.24) is 9.38 Å². The Morgan fingerprint density at radius 2 is 2.44 bits per heavy atom. The van der Waals surface area contributed by atoms with Gasteiger partial charge in [0, 0.05) is 6.20 Å². The van der Waals surface area contributed by atoms with Gasteiger partial charge in [0.05, 0.1) is 0 Å². The number of rotatable bonds is 3. The van der Waals surface area contributed by atoms with Crippen molar-refractivity contribution in [3.8, 4) is 18.2 Å². The fourth-order valence-corrected chi connectivity index (χ4v) is 1.38. The zero-order valence-electron chi connectivity index (χ0n) is 8.25. The van der Waals surface area contributed by atoms with Gasteiger partial charge < -0.3 is 9.84 Å². The van der Waals surface area contributed by atoms with E-state index in [1.165, 1.54) is 4.40 Å². The van der Waals surface area contributed by atoms with E-state index >= 15 is 0 Å². The second-order valence-corrected chi connectivity index (χ2v) is 2.99. The zero-order chi connectivity index (χ0) is 11.5. The Morgan fingerprint density at radius 1 is 1.62 bits per heavy atom. The van der Waals surface area contributed by atoms with Crippen molar-refractivity contribution in [2.75, 3.05) is 6.61 Å². The van der Waals surface area contributed by atoms with Gasteiger partial charge >= 0.3 is 5.97 Å². The number of terminal acetylenes is 1. The van der Waals surface area contributed by atoms with Gasteiger partial charge in [0.1, 0.15) is 5.65 Å². The summed E-state index contributed by atoms with van der Waals surface area (Å²) in [7, 11) is 0. The van der Waals surface area contributed by atoms with Gasteiger partial charge in [-0.3, -0.25) is 4.40 Å². The van der Waals surface area contributed by atoms with E-state index in [2.05, 4.69) is 10.9 Å². The molecule has 1 N–H and O–H groups in total. The number of nitrogens with zero attached hydrogens (tertiary/aromatic N) is 2. The highest BCUT2D eigenvalue weighted by molar-refractivity contribution is 5.89. The van der Waals surface area contributed by atoms with E-state index in [0.29, 0.717) is 5.65 Å². The standard InChI is InChI=1S/C11H8N2O3/c1-2-7-16-10-9(11(14)15)13-6-4-3-5-8(13)12-10/h1,3-6H,7H2,(H,14,15). The van der Waals surface area contributed by atoms with Crippen LogP contribution in [-0.2, 0) is 0 Å². The Labute approximate surface area is 91.3 Å². The molecule has 0 saturated carbocycles. The van der Waals surface area contributed by atoms with E-state index in [1.807, 2.05) is 0 Å². The Bertz CT molecular complexity index is 580. The van der Waals surface area contributed by atoms with Crippen molar-refractivity contribution in [3.05, 3.63) is 30.1 Å². The van der Waals surface area contributed by atoms with Crippen LogP contribution in [0.25, 0.3) is 5.65 Å². The number of carboxylic acids is 1. The second-order valence-electron chi connectivity index (χ2n) is 2.99. The highest BCUT2D eigenvalue weighted by Gasteiger charge is 2.19. The number of aromatic carboxylic acids is 1. The van der Waals surface area contributed by atoms with Crippen LogP contribution in [0, 0.1) is 12.3 Å². The maximum Gasteiger partial charge on any atom is 0.358 e. The van der Waals surface area contributed by atoms with E-state index in [9.17, 15) is 4.79 Å². The van der Waals surface area contributed by atoms with E-state index in [-0.39, 0.29) is 18.2 Å². The minimum atomic E-state index is -1.11. The SMILES string of the molecule is C#CCOc1nc2ccccn2c1C(=O)O. The van der Waals surface area contributed by atoms with Crippen molar-refractivity contribution in [2.45, 2.75) is 0 Å². The highest BCUT2D eigenvalue weighted by atomic mass is 16.5. The Hall–Kier alpha value is -2.48. The molecule has 0 aromatic carbocycles. The Balaban J connectivity index is 2.59. The summed E-state index contributed by atoms with van der Waals surface area (Å²) in [6, 6.07) is 5.17. The number of pyridine rings is 1. The fraction of sp³-hybridized carbons (Fsp3) is 0.0909. The smallest absolute Gasteiger partial charge is 0.358 e. The molecule has 0 unspecified atom stereocenters. The third-order valence-electron chi connectivity index (χ3n) is 1.99. The van der Waals surface area contributed by atoms with Gasteiger partial charge in [0.2, 0.25) is 5.88 Å². The molecule has 5 nitrogen and oxygen atoms in total. The molecule has 2 rings (SSSR count). The molecule has 16 heavy (non-hydrogen) atoms. The van der Waals surface area contributed by atoms with Crippen molar-refractivity contribution >= 4 is 11.6 Å². The summed E-state index contributed by atoms with van der Waals surface area (Å²) >= 11 is 0. The molecule has 0 amide bonds. The molecule has 0 radical (unpaired) electrons. The van der Waals surface area contributed by atoms with Crippen LogP contribution in [0.4, 0.5) is 0 Å². The predicted molar refractivity (Wildman–Crippen MR) is 56.5 cm³/mol. The minimum Gasteiger partial charge on any atom is -0.476 e. The lowest BCUT2D eigenvalue weighted by Crippen LogP contribution is -2.05. The van der Waals surface area contributed by atoms with Gasteiger partial charge in [-0.15, -0.1) is 6.42 Å². The third kappa shape index (κ3) is 1.57. The molecule has 0 saturated heterocycles. The molecule has 0 atom stereocenters. The maximum atomic E-state index is 11.1. The lowest BCUT2D eigenvalue weighted by atomic mass is 10.4. The summed E-state index contributed by atoms with van der Waals surface area (Å²) in [4.78, 5) is 15.1. The first kappa shape index (κ1) is 10.1. The number of fused-ring (bicyclic) bond motifs is 1. The number of aromatic nitrogens is 2. The van der Waals surface area contributed by atoms with E-state index in [1.54, 1.807) is 24.4 Å². The van der Waals surface area contributed by atoms with Gasteiger partial charge in [0.25, 0.3) is 0 Å². The molecular weight excluding hydrogens is 208 g/mol. The fourth-order valence-electron chi connectivity index (χ4n) is 1.38. The molecule has 2 aromatic heterocycles. The monoisotopic (exact) mass is 216 g/mol. The molecule has 2 heterocycles. The first-order valence-corrected chi connectivity index (χ1v) is 4.50. The lowest BCUT2D eigenvalue weighted by Gasteiger charge is -1.99. The normalized spacial score (nSPS) is 9.94. The molecule has 80 valence electrons. The maximum absolute atomic E-state index is 11.1. The summed E-state index contributed by atoms with van der Waals surface area (Å²) in [6.45, 7) is -0.00976. The lowest BCUT2D eigenvalue weighted by molar-refractivity contribution is 0.0685.